The van der Waals surface area contributed by atoms with Gasteiger partial charge in [0.05, 0.1) is 0 Å². The Balaban J connectivity index is 1.51. The molecule has 0 saturated carbocycles. The Labute approximate surface area is 163 Å². The van der Waals surface area contributed by atoms with Crippen molar-refractivity contribution in [3.8, 4) is 0 Å². The molecule has 1 aromatic carbocycles. The molecule has 0 bridgehead atoms. The molecule has 1 aromatic heterocycles. The summed E-state index contributed by atoms with van der Waals surface area (Å²) in [4.78, 5) is 14.5. The van der Waals surface area contributed by atoms with Gasteiger partial charge in [0, 0.05) is 42.5 Å². The number of nitrogens with zero attached hydrogens (tertiary/aromatic N) is 4. The van der Waals surface area contributed by atoms with Crippen molar-refractivity contribution in [1.29, 1.82) is 0 Å². The van der Waals surface area contributed by atoms with Gasteiger partial charge in [-0.25, -0.2) is 4.79 Å². The van der Waals surface area contributed by atoms with Crippen LogP contribution in [0, 0.1) is 0 Å². The van der Waals surface area contributed by atoms with Gasteiger partial charge < -0.3 is 14.8 Å². The van der Waals surface area contributed by atoms with Crippen LogP contribution in [0.15, 0.2) is 35.1 Å². The first kappa shape index (κ1) is 18.9. The molecule has 0 aliphatic carbocycles. The first-order chi connectivity index (χ1) is 12.4. The van der Waals surface area contributed by atoms with Gasteiger partial charge in [-0.15, -0.1) is 10.2 Å². The van der Waals surface area contributed by atoms with Crippen LogP contribution in [0.25, 0.3) is 0 Å². The molecule has 1 aliphatic heterocycles. The number of aromatic nitrogens is 3. The van der Waals surface area contributed by atoms with Crippen LogP contribution in [0.3, 0.4) is 0 Å². The third-order valence-corrected chi connectivity index (χ3v) is 5.73. The predicted octanol–water partition coefficient (Wildman–Crippen LogP) is 3.44. The van der Waals surface area contributed by atoms with Gasteiger partial charge in [0.1, 0.15) is 12.2 Å². The number of hydrogen-bond acceptors (Lipinski definition) is 3. The normalized spacial score (nSPS) is 15.9. The summed E-state index contributed by atoms with van der Waals surface area (Å²) in [5.74, 6) is 1.40. The van der Waals surface area contributed by atoms with E-state index in [9.17, 15) is 4.79 Å². The van der Waals surface area contributed by atoms with Crippen molar-refractivity contribution in [2.24, 2.45) is 7.05 Å². The number of piperidine rings is 1. The number of urea groups is 1. The lowest BCUT2D eigenvalue weighted by Crippen LogP contribution is -2.47. The maximum Gasteiger partial charge on any atom is 0.317 e. The van der Waals surface area contributed by atoms with Crippen molar-refractivity contribution in [2.45, 2.75) is 38.0 Å². The lowest BCUT2D eigenvalue weighted by molar-refractivity contribution is 0.178. The Morgan fingerprint density at radius 1 is 1.27 bits per heavy atom. The number of amides is 2. The van der Waals surface area contributed by atoms with E-state index in [4.69, 9.17) is 0 Å². The number of nitrogens with one attached hydrogen (secondary N) is 1. The first-order valence-electron chi connectivity index (χ1n) is 8.99. The Hall–Kier alpha value is -1.89. The van der Waals surface area contributed by atoms with Crippen LogP contribution in [0.2, 0.25) is 0 Å². The first-order valence-corrected chi connectivity index (χ1v) is 9.79. The molecule has 2 aromatic rings. The SMILES string of the molecule is Cn1cnnc1C1CCN(C(=O)NCC(C)(C)c2ccc(Br)cc2)CC1. The van der Waals surface area contributed by atoms with Gasteiger partial charge >= 0.3 is 6.03 Å². The topological polar surface area (TPSA) is 63.1 Å². The zero-order chi connectivity index (χ0) is 18.7. The Kier molecular flexibility index (Phi) is 5.65. The van der Waals surface area contributed by atoms with E-state index in [1.807, 2.05) is 28.6 Å². The quantitative estimate of drug-likeness (QED) is 0.824. The molecule has 26 heavy (non-hydrogen) atoms. The molecule has 0 atom stereocenters. The summed E-state index contributed by atoms with van der Waals surface area (Å²) in [6.07, 6.45) is 3.59. The molecule has 0 unspecified atom stereocenters. The molecular weight excluding hydrogens is 394 g/mol. The second-order valence-corrected chi connectivity index (χ2v) is 8.53. The fraction of sp³-hybridized carbons (Fsp3) is 0.526. The Morgan fingerprint density at radius 2 is 1.92 bits per heavy atom. The molecule has 1 aliphatic rings. The van der Waals surface area contributed by atoms with Crippen molar-refractivity contribution in [3.05, 3.63) is 46.5 Å². The fourth-order valence-electron chi connectivity index (χ4n) is 3.41. The van der Waals surface area contributed by atoms with Crippen molar-refractivity contribution in [2.75, 3.05) is 19.6 Å². The third kappa shape index (κ3) is 4.26. The molecule has 0 spiro atoms. The molecule has 0 radical (unpaired) electrons. The lowest BCUT2D eigenvalue weighted by Gasteiger charge is -2.33. The fourth-order valence-corrected chi connectivity index (χ4v) is 3.68. The van der Waals surface area contributed by atoms with Gasteiger partial charge in [-0.3, -0.25) is 0 Å². The van der Waals surface area contributed by atoms with Gasteiger partial charge in [0.25, 0.3) is 0 Å². The summed E-state index contributed by atoms with van der Waals surface area (Å²) in [7, 11) is 1.97. The summed E-state index contributed by atoms with van der Waals surface area (Å²) in [6, 6.07) is 8.30. The van der Waals surface area contributed by atoms with E-state index in [0.717, 1.165) is 36.2 Å². The highest BCUT2D eigenvalue weighted by molar-refractivity contribution is 9.10. The van der Waals surface area contributed by atoms with E-state index >= 15 is 0 Å². The monoisotopic (exact) mass is 419 g/mol. The van der Waals surface area contributed by atoms with E-state index in [-0.39, 0.29) is 11.4 Å². The van der Waals surface area contributed by atoms with Crippen LogP contribution < -0.4 is 5.32 Å². The number of carbonyl (C=O) groups excluding carboxylic acids is 1. The average molecular weight is 420 g/mol. The number of aryl methyl sites for hydroxylation is 1. The van der Waals surface area contributed by atoms with Crippen molar-refractivity contribution >= 4 is 22.0 Å². The highest BCUT2D eigenvalue weighted by Gasteiger charge is 2.28. The summed E-state index contributed by atoms with van der Waals surface area (Å²) in [5, 5.41) is 11.3. The number of halogens is 1. The molecule has 7 heteroatoms. The number of rotatable bonds is 4. The molecule has 6 nitrogen and oxygen atoms in total. The van der Waals surface area contributed by atoms with Crippen LogP contribution in [-0.2, 0) is 12.5 Å². The van der Waals surface area contributed by atoms with Crippen molar-refractivity contribution < 1.29 is 4.79 Å². The van der Waals surface area contributed by atoms with Crippen molar-refractivity contribution in [1.82, 2.24) is 25.0 Å². The zero-order valence-electron chi connectivity index (χ0n) is 15.6. The predicted molar refractivity (Wildman–Crippen MR) is 105 cm³/mol. The molecule has 1 fully saturated rings. The van der Waals surface area contributed by atoms with E-state index in [1.165, 1.54) is 5.56 Å². The molecule has 3 rings (SSSR count). The highest BCUT2D eigenvalue weighted by atomic mass is 79.9. The lowest BCUT2D eigenvalue weighted by atomic mass is 9.85. The Morgan fingerprint density at radius 3 is 2.50 bits per heavy atom. The minimum Gasteiger partial charge on any atom is -0.337 e. The van der Waals surface area contributed by atoms with Crippen LogP contribution in [0.1, 0.15) is 44.0 Å². The smallest absolute Gasteiger partial charge is 0.317 e. The van der Waals surface area contributed by atoms with Crippen LogP contribution in [0.4, 0.5) is 4.79 Å². The molecule has 2 amide bonds. The number of benzene rings is 1. The molecule has 2 heterocycles. The summed E-state index contributed by atoms with van der Waals surface area (Å²) in [6.45, 7) is 6.41. The molecule has 1 N–H and O–H groups in total. The van der Waals surface area contributed by atoms with Crippen molar-refractivity contribution in [3.63, 3.8) is 0 Å². The van der Waals surface area contributed by atoms with Crippen LogP contribution in [-0.4, -0.2) is 45.3 Å². The van der Waals surface area contributed by atoms with Gasteiger partial charge in [-0.05, 0) is 30.5 Å². The second-order valence-electron chi connectivity index (χ2n) is 7.61. The maximum absolute atomic E-state index is 12.6. The minimum atomic E-state index is -0.118. The van der Waals surface area contributed by atoms with Gasteiger partial charge in [0.15, 0.2) is 0 Å². The molecular formula is C19H26BrN5O. The standard InChI is InChI=1S/C19H26BrN5O/c1-19(2,15-4-6-16(20)7-5-15)12-21-18(26)25-10-8-14(9-11-25)17-23-22-13-24(17)3/h4-7,13-14H,8-12H2,1-3H3,(H,21,26). The van der Waals surface area contributed by atoms with E-state index in [0.29, 0.717) is 12.5 Å². The minimum absolute atomic E-state index is 0.0200. The largest absolute Gasteiger partial charge is 0.337 e. The van der Waals surface area contributed by atoms with Gasteiger partial charge in [0.2, 0.25) is 0 Å². The molecule has 1 saturated heterocycles. The number of carbonyl (C=O) groups is 1. The summed E-state index contributed by atoms with van der Waals surface area (Å²) in [5.41, 5.74) is 1.09. The summed E-state index contributed by atoms with van der Waals surface area (Å²) >= 11 is 3.46. The highest BCUT2D eigenvalue weighted by Crippen LogP contribution is 2.27. The Bertz CT molecular complexity index is 748. The summed E-state index contributed by atoms with van der Waals surface area (Å²) < 4.78 is 3.04. The van der Waals surface area contributed by atoms with Gasteiger partial charge in [-0.2, -0.15) is 0 Å². The number of likely N-dealkylation sites (tertiary alicyclic amines) is 1. The van der Waals surface area contributed by atoms with E-state index < -0.39 is 0 Å². The van der Waals surface area contributed by atoms with E-state index in [2.05, 4.69) is 57.4 Å². The average Bonchev–Trinajstić information content (AvgIpc) is 3.06. The second kappa shape index (κ2) is 7.78. The van der Waals surface area contributed by atoms with Crippen LogP contribution in [0.5, 0.6) is 0 Å². The third-order valence-electron chi connectivity index (χ3n) is 5.20. The van der Waals surface area contributed by atoms with E-state index in [1.54, 1.807) is 6.33 Å². The zero-order valence-corrected chi connectivity index (χ0v) is 17.2. The van der Waals surface area contributed by atoms with Gasteiger partial charge in [-0.1, -0.05) is 41.9 Å². The molecule has 140 valence electrons. The maximum atomic E-state index is 12.6. The van der Waals surface area contributed by atoms with Crippen LogP contribution >= 0.6 is 15.9 Å². The number of hydrogen-bond donors (Lipinski definition) is 1.